The molecule has 168 valence electrons. The summed E-state index contributed by atoms with van der Waals surface area (Å²) in [6.07, 6.45) is -4.54. The third-order valence-electron chi connectivity index (χ3n) is 4.71. The molecule has 3 aromatic rings. The monoisotopic (exact) mass is 466 g/mol. The Morgan fingerprint density at radius 1 is 1.00 bits per heavy atom. The van der Waals surface area contributed by atoms with Crippen molar-refractivity contribution in [3.8, 4) is 22.4 Å². The van der Waals surface area contributed by atoms with Crippen LogP contribution in [0.4, 0.5) is 19.1 Å². The second-order valence-electron chi connectivity index (χ2n) is 6.80. The Balaban J connectivity index is 1.99. The van der Waals surface area contributed by atoms with Crippen molar-refractivity contribution in [3.63, 3.8) is 0 Å². The van der Waals surface area contributed by atoms with Crippen LogP contribution in [0, 0.1) is 0 Å². The highest BCUT2D eigenvalue weighted by molar-refractivity contribution is 7.89. The molecule has 1 aliphatic heterocycles. The van der Waals surface area contributed by atoms with Gasteiger partial charge in [0.05, 0.1) is 11.3 Å². The number of rotatable bonds is 4. The van der Waals surface area contributed by atoms with Gasteiger partial charge in [-0.05, 0) is 29.3 Å². The minimum absolute atomic E-state index is 0.0520. The summed E-state index contributed by atoms with van der Waals surface area (Å²) in [4.78, 5) is 6.94. The van der Waals surface area contributed by atoms with Gasteiger partial charge in [0, 0.05) is 17.3 Å². The van der Waals surface area contributed by atoms with E-state index in [4.69, 9.17) is 10.9 Å². The molecule has 2 aromatic carbocycles. The molecule has 0 radical (unpaired) electrons. The lowest BCUT2D eigenvalue weighted by Gasteiger charge is -2.22. The van der Waals surface area contributed by atoms with E-state index in [2.05, 4.69) is 31.9 Å². The van der Waals surface area contributed by atoms with Crippen LogP contribution >= 0.6 is 0 Å². The van der Waals surface area contributed by atoms with E-state index in [1.807, 2.05) is 0 Å². The summed E-state index contributed by atoms with van der Waals surface area (Å²) in [6.45, 7) is 0. The Hall–Kier alpha value is -3.14. The number of alkyl halides is 3. The van der Waals surface area contributed by atoms with Gasteiger partial charge in [0.1, 0.15) is 11.1 Å². The van der Waals surface area contributed by atoms with E-state index in [-0.39, 0.29) is 17.1 Å². The summed E-state index contributed by atoms with van der Waals surface area (Å²) >= 11 is 0. The molecule has 1 aliphatic rings. The van der Waals surface area contributed by atoms with Gasteiger partial charge in [-0.15, -0.1) is 0 Å². The largest absolute Gasteiger partial charge is 0.417 e. The molecule has 0 aliphatic carbocycles. The van der Waals surface area contributed by atoms with Crippen LogP contribution in [0.15, 0.2) is 53.6 Å². The van der Waals surface area contributed by atoms with E-state index < -0.39 is 32.8 Å². The van der Waals surface area contributed by atoms with E-state index in [1.165, 1.54) is 12.3 Å². The van der Waals surface area contributed by atoms with Crippen LogP contribution in [0.1, 0.15) is 17.3 Å². The number of halogens is 3. The number of hydrogen-bond acceptors (Lipinski definition) is 9. The summed E-state index contributed by atoms with van der Waals surface area (Å²) in [5, 5.41) is 5.25. The summed E-state index contributed by atoms with van der Waals surface area (Å²) in [5.41, 5.74) is 16.0. The molecule has 14 heteroatoms. The summed E-state index contributed by atoms with van der Waals surface area (Å²) in [7, 11) is -4.78. The van der Waals surface area contributed by atoms with Crippen molar-refractivity contribution in [1.82, 2.24) is 31.9 Å². The van der Waals surface area contributed by atoms with Gasteiger partial charge in [0.25, 0.3) is 0 Å². The maximum atomic E-state index is 13.7. The molecule has 0 saturated carbocycles. The maximum absolute atomic E-state index is 13.7. The lowest BCUT2D eigenvalue weighted by Crippen LogP contribution is -2.33. The maximum Gasteiger partial charge on any atom is 0.417 e. The highest BCUT2D eigenvalue weighted by Gasteiger charge is 2.40. The number of sulfonamides is 1. The summed E-state index contributed by atoms with van der Waals surface area (Å²) in [6, 6.07) is 10.2. The topological polar surface area (TPSA) is 160 Å². The molecule has 4 rings (SSSR count). The van der Waals surface area contributed by atoms with Crippen molar-refractivity contribution in [1.29, 1.82) is 0 Å². The second-order valence-corrected chi connectivity index (χ2v) is 8.30. The van der Waals surface area contributed by atoms with E-state index >= 15 is 0 Å². The number of nitrogens with two attached hydrogens (primary N) is 2. The van der Waals surface area contributed by atoms with Crippen molar-refractivity contribution >= 4 is 16.0 Å². The third-order valence-corrected chi connectivity index (χ3v) is 5.72. The lowest BCUT2D eigenvalue weighted by atomic mass is 9.94. The van der Waals surface area contributed by atoms with E-state index in [1.54, 1.807) is 30.3 Å². The van der Waals surface area contributed by atoms with Crippen LogP contribution in [0.3, 0.4) is 0 Å². The van der Waals surface area contributed by atoms with Crippen LogP contribution in [-0.2, 0) is 16.2 Å². The molecule has 1 fully saturated rings. The van der Waals surface area contributed by atoms with Gasteiger partial charge >= 0.3 is 6.18 Å². The first-order valence-electron chi connectivity index (χ1n) is 9.03. The average Bonchev–Trinajstić information content (AvgIpc) is 3.26. The van der Waals surface area contributed by atoms with Gasteiger partial charge in [-0.2, -0.15) is 24.2 Å². The Morgan fingerprint density at radius 2 is 1.69 bits per heavy atom. The van der Waals surface area contributed by atoms with Crippen molar-refractivity contribution in [2.24, 2.45) is 5.14 Å². The zero-order valence-electron chi connectivity index (χ0n) is 16.1. The van der Waals surface area contributed by atoms with E-state index in [0.717, 1.165) is 0 Å². The summed E-state index contributed by atoms with van der Waals surface area (Å²) < 4.78 is 65.7. The van der Waals surface area contributed by atoms with E-state index in [9.17, 15) is 21.6 Å². The molecule has 10 nitrogen and oxygen atoms in total. The van der Waals surface area contributed by atoms with Crippen LogP contribution in [0.5, 0.6) is 0 Å². The van der Waals surface area contributed by atoms with Crippen molar-refractivity contribution in [2.75, 3.05) is 5.73 Å². The highest BCUT2D eigenvalue weighted by atomic mass is 32.2. The highest BCUT2D eigenvalue weighted by Crippen LogP contribution is 2.41. The fraction of sp³-hybridized carbons (Fsp3) is 0.111. The molecular formula is C18H17F3N8O2S. The number of primary sulfonamides is 1. The normalized spacial score (nSPS) is 15.2. The molecule has 0 atom stereocenters. The molecule has 32 heavy (non-hydrogen) atoms. The molecule has 0 bridgehead atoms. The van der Waals surface area contributed by atoms with Gasteiger partial charge in [0.2, 0.25) is 16.0 Å². The first kappa shape index (κ1) is 22.1. The number of nitrogens with one attached hydrogen (secondary N) is 4. The predicted molar refractivity (Wildman–Crippen MR) is 109 cm³/mol. The minimum atomic E-state index is -4.95. The zero-order valence-corrected chi connectivity index (χ0v) is 16.9. The van der Waals surface area contributed by atoms with Crippen molar-refractivity contribution < 1.29 is 21.6 Å². The first-order valence-corrected chi connectivity index (χ1v) is 10.6. The quantitative estimate of drug-likeness (QED) is 0.332. The van der Waals surface area contributed by atoms with Gasteiger partial charge in [0.15, 0.2) is 0 Å². The number of benzene rings is 2. The Kier molecular flexibility index (Phi) is 5.58. The van der Waals surface area contributed by atoms with Crippen molar-refractivity contribution in [2.45, 2.75) is 17.2 Å². The first-order chi connectivity index (χ1) is 15.1. The van der Waals surface area contributed by atoms with Crippen molar-refractivity contribution in [3.05, 3.63) is 59.8 Å². The number of nitrogens with zero attached hydrogens (tertiary/aromatic N) is 2. The smallest absolute Gasteiger partial charge is 0.368 e. The molecule has 0 spiro atoms. The summed E-state index contributed by atoms with van der Waals surface area (Å²) in [5.74, 6) is 0.0520. The standard InChI is InChI=1S/C18H17F3N8O2S/c19-18(20,21)12-5-4-11(14(15(12)32(23,30)31)16-26-28-29-27-16)9-2-1-3-10(8-9)13-6-7-24-17(22)25-13/h1-8,16,26-29H,(H2,22,24,25)(H2,23,30,31). The molecular weight excluding hydrogens is 449 g/mol. The van der Waals surface area contributed by atoms with Crippen LogP contribution in [0.2, 0.25) is 0 Å². The number of hydrogen-bond donors (Lipinski definition) is 6. The Bertz CT molecular complexity index is 1280. The van der Waals surface area contributed by atoms with Gasteiger partial charge in [-0.25, -0.2) is 34.4 Å². The van der Waals surface area contributed by atoms with Crippen LogP contribution in [0.25, 0.3) is 22.4 Å². The van der Waals surface area contributed by atoms with Crippen LogP contribution < -0.4 is 32.8 Å². The van der Waals surface area contributed by atoms with Gasteiger partial charge in [-0.1, -0.05) is 24.3 Å². The zero-order chi connectivity index (χ0) is 23.1. The SMILES string of the molecule is Nc1nccc(-c2cccc(-c3ccc(C(F)(F)F)c(S(N)(=O)=O)c3C3NNNN3)c2)n1. The lowest BCUT2D eigenvalue weighted by molar-refractivity contribution is -0.140. The fourth-order valence-electron chi connectivity index (χ4n) is 3.45. The number of nitrogen functional groups attached to an aromatic ring is 1. The second kappa shape index (κ2) is 8.09. The van der Waals surface area contributed by atoms with E-state index in [0.29, 0.717) is 22.9 Å². The average molecular weight is 466 g/mol. The molecule has 0 amide bonds. The van der Waals surface area contributed by atoms with Crippen LogP contribution in [-0.4, -0.2) is 18.4 Å². The van der Waals surface area contributed by atoms with Gasteiger partial charge < -0.3 is 5.73 Å². The molecule has 8 N–H and O–H groups in total. The fourth-order valence-corrected chi connectivity index (χ4v) is 4.47. The molecule has 0 unspecified atom stereocenters. The molecule has 1 saturated heterocycles. The molecule has 2 heterocycles. The number of hydrazine groups is 3. The Labute approximate surface area is 180 Å². The minimum Gasteiger partial charge on any atom is -0.368 e. The van der Waals surface area contributed by atoms with Gasteiger partial charge in [-0.3, -0.25) is 0 Å². The Morgan fingerprint density at radius 3 is 2.31 bits per heavy atom. The number of anilines is 1. The predicted octanol–water partition coefficient (Wildman–Crippen LogP) is 1.17. The third kappa shape index (κ3) is 4.27. The molecule has 1 aromatic heterocycles. The number of aromatic nitrogens is 2.